The Labute approximate surface area is 98.6 Å². The summed E-state index contributed by atoms with van der Waals surface area (Å²) in [5.41, 5.74) is 0. The predicted molar refractivity (Wildman–Crippen MR) is 58.0 cm³/mol. The standard InChI is InChI=1S/C10H13F2NO3S/c1-7(6-16-2)13-17(14,15)10-8(11)4-3-5-9(10)12/h3-5,7,13H,6H2,1-2H3/t7-/m1/s1. The van der Waals surface area contributed by atoms with Crippen LogP contribution in [0.3, 0.4) is 0 Å². The van der Waals surface area contributed by atoms with E-state index < -0.39 is 32.6 Å². The van der Waals surface area contributed by atoms with Crippen LogP contribution < -0.4 is 4.72 Å². The van der Waals surface area contributed by atoms with Crippen molar-refractivity contribution in [3.8, 4) is 0 Å². The smallest absolute Gasteiger partial charge is 0.246 e. The van der Waals surface area contributed by atoms with E-state index in [1.165, 1.54) is 14.0 Å². The molecule has 0 fully saturated rings. The molecule has 0 heterocycles. The van der Waals surface area contributed by atoms with Gasteiger partial charge in [-0.1, -0.05) is 6.07 Å². The summed E-state index contributed by atoms with van der Waals surface area (Å²) in [7, 11) is -2.83. The van der Waals surface area contributed by atoms with Gasteiger partial charge in [0.2, 0.25) is 10.0 Å². The quantitative estimate of drug-likeness (QED) is 0.872. The Hall–Kier alpha value is -1.05. The van der Waals surface area contributed by atoms with Crippen LogP contribution in [0.15, 0.2) is 23.1 Å². The van der Waals surface area contributed by atoms with Crippen LogP contribution in [0.2, 0.25) is 0 Å². The van der Waals surface area contributed by atoms with Gasteiger partial charge in [-0.25, -0.2) is 21.9 Å². The molecule has 0 spiro atoms. The number of methoxy groups -OCH3 is 1. The number of hydrogen-bond donors (Lipinski definition) is 1. The number of sulfonamides is 1. The van der Waals surface area contributed by atoms with Gasteiger partial charge in [0.25, 0.3) is 0 Å². The highest BCUT2D eigenvalue weighted by molar-refractivity contribution is 7.89. The molecule has 0 bridgehead atoms. The van der Waals surface area contributed by atoms with Crippen molar-refractivity contribution >= 4 is 10.0 Å². The molecule has 0 unspecified atom stereocenters. The van der Waals surface area contributed by atoms with E-state index in [2.05, 4.69) is 4.72 Å². The first kappa shape index (κ1) is 14.0. The van der Waals surface area contributed by atoms with E-state index in [0.29, 0.717) is 0 Å². The zero-order valence-electron chi connectivity index (χ0n) is 9.41. The molecule has 96 valence electrons. The molecule has 1 atom stereocenters. The fourth-order valence-corrected chi connectivity index (χ4v) is 2.71. The number of hydrogen-bond acceptors (Lipinski definition) is 3. The Balaban J connectivity index is 3.06. The maximum absolute atomic E-state index is 13.3. The highest BCUT2D eigenvalue weighted by Crippen LogP contribution is 2.18. The van der Waals surface area contributed by atoms with Crippen LogP contribution in [0, 0.1) is 11.6 Å². The first-order chi connectivity index (χ1) is 7.88. The SMILES string of the molecule is COC[C@@H](C)NS(=O)(=O)c1c(F)cccc1F. The Morgan fingerprint density at radius 3 is 2.35 bits per heavy atom. The average Bonchev–Trinajstić information content (AvgIpc) is 2.15. The van der Waals surface area contributed by atoms with Crippen molar-refractivity contribution in [3.63, 3.8) is 0 Å². The first-order valence-electron chi connectivity index (χ1n) is 4.83. The molecular weight excluding hydrogens is 252 g/mol. The highest BCUT2D eigenvalue weighted by atomic mass is 32.2. The van der Waals surface area contributed by atoms with Gasteiger partial charge in [-0.05, 0) is 19.1 Å². The van der Waals surface area contributed by atoms with Crippen LogP contribution in [0.1, 0.15) is 6.92 Å². The molecule has 0 radical (unpaired) electrons. The predicted octanol–water partition coefficient (Wildman–Crippen LogP) is 1.28. The number of ether oxygens (including phenoxy) is 1. The van der Waals surface area contributed by atoms with Crippen LogP contribution in [-0.2, 0) is 14.8 Å². The molecule has 7 heteroatoms. The van der Waals surface area contributed by atoms with Crippen molar-refractivity contribution in [2.75, 3.05) is 13.7 Å². The summed E-state index contributed by atoms with van der Waals surface area (Å²) in [5, 5.41) is 0. The van der Waals surface area contributed by atoms with Crippen LogP contribution in [0.25, 0.3) is 0 Å². The van der Waals surface area contributed by atoms with E-state index in [1.54, 1.807) is 0 Å². The van der Waals surface area contributed by atoms with Gasteiger partial charge in [-0.2, -0.15) is 0 Å². The maximum Gasteiger partial charge on any atom is 0.246 e. The second-order valence-electron chi connectivity index (χ2n) is 3.53. The fourth-order valence-electron chi connectivity index (χ4n) is 1.35. The van der Waals surface area contributed by atoms with Crippen molar-refractivity contribution in [2.24, 2.45) is 0 Å². The molecule has 0 aliphatic rings. The van der Waals surface area contributed by atoms with Crippen LogP contribution in [0.4, 0.5) is 8.78 Å². The summed E-state index contributed by atoms with van der Waals surface area (Å²) in [6.45, 7) is 1.63. The number of halogens is 2. The molecular formula is C10H13F2NO3S. The van der Waals surface area contributed by atoms with Gasteiger partial charge in [0.15, 0.2) is 4.90 Å². The Bertz CT molecular complexity index is 470. The molecule has 4 nitrogen and oxygen atoms in total. The Kier molecular flexibility index (Phi) is 4.55. The van der Waals surface area contributed by atoms with Crippen molar-refractivity contribution < 1.29 is 21.9 Å². The highest BCUT2D eigenvalue weighted by Gasteiger charge is 2.25. The number of rotatable bonds is 5. The normalized spacial score (nSPS) is 13.6. The van der Waals surface area contributed by atoms with Gasteiger partial charge < -0.3 is 4.74 Å². The lowest BCUT2D eigenvalue weighted by molar-refractivity contribution is 0.180. The molecule has 1 aromatic carbocycles. The Morgan fingerprint density at radius 2 is 1.88 bits per heavy atom. The van der Waals surface area contributed by atoms with E-state index in [-0.39, 0.29) is 6.61 Å². The van der Waals surface area contributed by atoms with Gasteiger partial charge in [-0.3, -0.25) is 0 Å². The third-order valence-electron chi connectivity index (χ3n) is 1.96. The van der Waals surface area contributed by atoms with Crippen LogP contribution >= 0.6 is 0 Å². The molecule has 0 saturated heterocycles. The minimum atomic E-state index is -4.22. The average molecular weight is 265 g/mol. The van der Waals surface area contributed by atoms with Gasteiger partial charge >= 0.3 is 0 Å². The van der Waals surface area contributed by atoms with Crippen molar-refractivity contribution in [1.29, 1.82) is 0 Å². The molecule has 0 aliphatic heterocycles. The topological polar surface area (TPSA) is 55.4 Å². The lowest BCUT2D eigenvalue weighted by atomic mass is 10.3. The lowest BCUT2D eigenvalue weighted by Gasteiger charge is -2.13. The van der Waals surface area contributed by atoms with Gasteiger partial charge in [-0.15, -0.1) is 0 Å². The third-order valence-corrected chi connectivity index (χ3v) is 3.60. The maximum atomic E-state index is 13.3. The summed E-state index contributed by atoms with van der Waals surface area (Å²) >= 11 is 0. The van der Waals surface area contributed by atoms with E-state index in [4.69, 9.17) is 4.74 Å². The molecule has 1 rings (SSSR count). The molecule has 0 saturated carbocycles. The monoisotopic (exact) mass is 265 g/mol. The van der Waals surface area contributed by atoms with Crippen LogP contribution in [-0.4, -0.2) is 28.2 Å². The zero-order valence-corrected chi connectivity index (χ0v) is 10.2. The molecule has 0 amide bonds. The second-order valence-corrected chi connectivity index (χ2v) is 5.18. The summed E-state index contributed by atoms with van der Waals surface area (Å²) in [4.78, 5) is -0.969. The van der Waals surface area contributed by atoms with Crippen LogP contribution in [0.5, 0.6) is 0 Å². The van der Waals surface area contributed by atoms with E-state index >= 15 is 0 Å². The molecule has 0 aliphatic carbocycles. The summed E-state index contributed by atoms with van der Waals surface area (Å²) in [5.74, 6) is -2.25. The molecule has 1 N–H and O–H groups in total. The minimum absolute atomic E-state index is 0.106. The number of nitrogens with one attached hydrogen (secondary N) is 1. The van der Waals surface area contributed by atoms with Gasteiger partial charge in [0.1, 0.15) is 11.6 Å². The Morgan fingerprint density at radius 1 is 1.35 bits per heavy atom. The summed E-state index contributed by atoms with van der Waals surface area (Å²) in [6, 6.07) is 2.29. The van der Waals surface area contributed by atoms with E-state index in [1.807, 2.05) is 0 Å². The summed E-state index contributed by atoms with van der Waals surface area (Å²) < 4.78 is 56.9. The lowest BCUT2D eigenvalue weighted by Crippen LogP contribution is -2.36. The largest absolute Gasteiger partial charge is 0.383 e. The first-order valence-corrected chi connectivity index (χ1v) is 6.32. The second kappa shape index (κ2) is 5.52. The van der Waals surface area contributed by atoms with E-state index in [9.17, 15) is 17.2 Å². The number of benzene rings is 1. The third kappa shape index (κ3) is 3.45. The zero-order chi connectivity index (χ0) is 13.1. The van der Waals surface area contributed by atoms with Crippen molar-refractivity contribution in [3.05, 3.63) is 29.8 Å². The van der Waals surface area contributed by atoms with Crippen molar-refractivity contribution in [2.45, 2.75) is 17.9 Å². The van der Waals surface area contributed by atoms with Gasteiger partial charge in [0.05, 0.1) is 6.61 Å². The molecule has 1 aromatic rings. The molecule has 17 heavy (non-hydrogen) atoms. The van der Waals surface area contributed by atoms with Gasteiger partial charge in [0, 0.05) is 13.2 Å². The van der Waals surface area contributed by atoms with Crippen molar-refractivity contribution in [1.82, 2.24) is 4.72 Å². The minimum Gasteiger partial charge on any atom is -0.383 e. The summed E-state index contributed by atoms with van der Waals surface area (Å²) in [6.07, 6.45) is 0. The molecule has 0 aromatic heterocycles. The van der Waals surface area contributed by atoms with E-state index in [0.717, 1.165) is 18.2 Å². The fraction of sp³-hybridized carbons (Fsp3) is 0.400.